The van der Waals surface area contributed by atoms with E-state index in [2.05, 4.69) is 46.3 Å². The van der Waals surface area contributed by atoms with Gasteiger partial charge in [-0.3, -0.25) is 0 Å². The van der Waals surface area contributed by atoms with Crippen LogP contribution in [-0.4, -0.2) is 87.3 Å². The van der Waals surface area contributed by atoms with Gasteiger partial charge in [0.25, 0.3) is 0 Å². The zero-order valence-corrected chi connectivity index (χ0v) is 20.3. The molecule has 1 saturated heterocycles. The Kier molecular flexibility index (Phi) is 11.8. The van der Waals surface area contributed by atoms with Crippen molar-refractivity contribution in [1.29, 1.82) is 0 Å². The molecule has 1 aliphatic rings. The summed E-state index contributed by atoms with van der Waals surface area (Å²) in [6, 6.07) is 10.4. The second-order valence-corrected chi connectivity index (χ2v) is 8.06. The molecule has 0 radical (unpaired) electrons. The molecule has 34 heavy (non-hydrogen) atoms. The van der Waals surface area contributed by atoms with Crippen molar-refractivity contribution < 1.29 is 14.2 Å². The number of aromatic nitrogens is 3. The van der Waals surface area contributed by atoms with Crippen LogP contribution in [0.3, 0.4) is 0 Å². The largest absolute Gasteiger partial charge is 0.378 e. The standard InChI is InChI=1S/C24H39N7O3/c1-2-3-11-31(20-21-7-5-4-6-8-21)24-28-22(26-10-15-33-19-18-32-14-9-25)27-23(29-24)30-12-16-34-17-13-30/h4-8H,2-3,9-20,25H2,1H3,(H,26,27,28,29). The number of hydrogen-bond acceptors (Lipinski definition) is 10. The Bertz CT molecular complexity index is 806. The maximum absolute atomic E-state index is 5.62. The van der Waals surface area contributed by atoms with E-state index in [1.54, 1.807) is 0 Å². The smallest absolute Gasteiger partial charge is 0.232 e. The molecular formula is C24H39N7O3. The zero-order valence-electron chi connectivity index (χ0n) is 20.3. The van der Waals surface area contributed by atoms with E-state index in [1.807, 2.05) is 6.07 Å². The molecule has 0 spiro atoms. The number of nitrogens with zero attached hydrogens (tertiary/aromatic N) is 5. The van der Waals surface area contributed by atoms with Gasteiger partial charge in [0.1, 0.15) is 0 Å². The molecule has 0 bridgehead atoms. The van der Waals surface area contributed by atoms with Gasteiger partial charge in [-0.05, 0) is 12.0 Å². The van der Waals surface area contributed by atoms with Gasteiger partial charge in [0.15, 0.2) is 0 Å². The first kappa shape index (κ1) is 26.1. The van der Waals surface area contributed by atoms with Gasteiger partial charge in [-0.1, -0.05) is 43.7 Å². The van der Waals surface area contributed by atoms with Crippen LogP contribution in [0.1, 0.15) is 25.3 Å². The van der Waals surface area contributed by atoms with Gasteiger partial charge in [0.2, 0.25) is 17.8 Å². The minimum Gasteiger partial charge on any atom is -0.378 e. The first-order valence-electron chi connectivity index (χ1n) is 12.3. The third kappa shape index (κ3) is 9.02. The van der Waals surface area contributed by atoms with Crippen LogP contribution in [0, 0.1) is 0 Å². The van der Waals surface area contributed by atoms with E-state index in [1.165, 1.54) is 5.56 Å². The highest BCUT2D eigenvalue weighted by atomic mass is 16.5. The summed E-state index contributed by atoms with van der Waals surface area (Å²) in [7, 11) is 0. The lowest BCUT2D eigenvalue weighted by molar-refractivity contribution is 0.0547. The third-order valence-electron chi connectivity index (χ3n) is 5.35. The summed E-state index contributed by atoms with van der Waals surface area (Å²) in [4.78, 5) is 18.7. The number of nitrogens with two attached hydrogens (primary N) is 1. The number of morpholine rings is 1. The maximum atomic E-state index is 5.62. The van der Waals surface area contributed by atoms with Gasteiger partial charge < -0.3 is 35.1 Å². The Morgan fingerprint density at radius 3 is 2.53 bits per heavy atom. The van der Waals surface area contributed by atoms with Crippen LogP contribution in [0.25, 0.3) is 0 Å². The fourth-order valence-corrected chi connectivity index (χ4v) is 3.52. The van der Waals surface area contributed by atoms with Gasteiger partial charge in [-0.2, -0.15) is 15.0 Å². The normalized spacial score (nSPS) is 13.8. The highest BCUT2D eigenvalue weighted by Gasteiger charge is 2.19. The molecule has 0 saturated carbocycles. The third-order valence-corrected chi connectivity index (χ3v) is 5.35. The molecule has 3 N–H and O–H groups in total. The second-order valence-electron chi connectivity index (χ2n) is 8.06. The second kappa shape index (κ2) is 15.4. The van der Waals surface area contributed by atoms with Crippen molar-refractivity contribution in [3.63, 3.8) is 0 Å². The van der Waals surface area contributed by atoms with Gasteiger partial charge in [-0.25, -0.2) is 0 Å². The van der Waals surface area contributed by atoms with Crippen molar-refractivity contribution in [1.82, 2.24) is 15.0 Å². The van der Waals surface area contributed by atoms with Crippen LogP contribution in [-0.2, 0) is 20.8 Å². The molecule has 188 valence electrons. The number of nitrogens with one attached hydrogen (secondary N) is 1. The van der Waals surface area contributed by atoms with E-state index in [0.29, 0.717) is 70.6 Å². The fraction of sp³-hybridized carbons (Fsp3) is 0.625. The topological polar surface area (TPSA) is 111 Å². The molecule has 10 nitrogen and oxygen atoms in total. The predicted octanol–water partition coefficient (Wildman–Crippen LogP) is 1.92. The van der Waals surface area contributed by atoms with Crippen molar-refractivity contribution in [3.8, 4) is 0 Å². The van der Waals surface area contributed by atoms with E-state index in [0.717, 1.165) is 39.0 Å². The molecule has 0 unspecified atom stereocenters. The van der Waals surface area contributed by atoms with Crippen LogP contribution in [0.5, 0.6) is 0 Å². The summed E-state index contributed by atoms with van der Waals surface area (Å²) in [6.45, 7) is 9.98. The summed E-state index contributed by atoms with van der Waals surface area (Å²) in [5.41, 5.74) is 6.64. The van der Waals surface area contributed by atoms with Crippen LogP contribution >= 0.6 is 0 Å². The van der Waals surface area contributed by atoms with Gasteiger partial charge in [0.05, 0.1) is 39.6 Å². The average Bonchev–Trinajstić information content (AvgIpc) is 2.89. The van der Waals surface area contributed by atoms with E-state index in [9.17, 15) is 0 Å². The Balaban J connectivity index is 1.70. The Hall–Kier alpha value is -2.53. The lowest BCUT2D eigenvalue weighted by Gasteiger charge is -2.29. The number of anilines is 3. The average molecular weight is 474 g/mol. The number of rotatable bonds is 16. The van der Waals surface area contributed by atoms with E-state index >= 15 is 0 Å². The first-order valence-corrected chi connectivity index (χ1v) is 12.3. The number of ether oxygens (including phenoxy) is 3. The van der Waals surface area contributed by atoms with Crippen LogP contribution < -0.4 is 20.9 Å². The van der Waals surface area contributed by atoms with E-state index < -0.39 is 0 Å². The minimum absolute atomic E-state index is 0.522. The quantitative estimate of drug-likeness (QED) is 0.351. The summed E-state index contributed by atoms with van der Waals surface area (Å²) in [5, 5.41) is 3.31. The molecule has 1 fully saturated rings. The van der Waals surface area contributed by atoms with Crippen molar-refractivity contribution in [3.05, 3.63) is 35.9 Å². The molecule has 0 amide bonds. The first-order chi connectivity index (χ1) is 16.8. The highest BCUT2D eigenvalue weighted by molar-refractivity contribution is 5.46. The van der Waals surface area contributed by atoms with Crippen LogP contribution in [0.4, 0.5) is 17.8 Å². The predicted molar refractivity (Wildman–Crippen MR) is 134 cm³/mol. The molecular weight excluding hydrogens is 434 g/mol. The zero-order chi connectivity index (χ0) is 23.8. The fourth-order valence-electron chi connectivity index (χ4n) is 3.52. The summed E-state index contributed by atoms with van der Waals surface area (Å²) >= 11 is 0. The van der Waals surface area contributed by atoms with Crippen molar-refractivity contribution in [2.45, 2.75) is 26.3 Å². The molecule has 10 heteroatoms. The van der Waals surface area contributed by atoms with Crippen molar-refractivity contribution in [2.24, 2.45) is 5.73 Å². The molecule has 1 aromatic carbocycles. The summed E-state index contributed by atoms with van der Waals surface area (Å²) in [6.07, 6.45) is 2.17. The number of benzene rings is 1. The number of unbranched alkanes of at least 4 members (excludes halogenated alkanes) is 1. The molecule has 0 aliphatic carbocycles. The monoisotopic (exact) mass is 473 g/mol. The van der Waals surface area contributed by atoms with Crippen LogP contribution in [0.15, 0.2) is 30.3 Å². The lowest BCUT2D eigenvalue weighted by Crippen LogP contribution is -2.38. The lowest BCUT2D eigenvalue weighted by atomic mass is 10.2. The van der Waals surface area contributed by atoms with Crippen molar-refractivity contribution >= 4 is 17.8 Å². The Morgan fingerprint density at radius 1 is 1.03 bits per heavy atom. The maximum Gasteiger partial charge on any atom is 0.232 e. The molecule has 0 atom stereocenters. The molecule has 3 rings (SSSR count). The van der Waals surface area contributed by atoms with Gasteiger partial charge >= 0.3 is 0 Å². The summed E-state index contributed by atoms with van der Waals surface area (Å²) in [5.74, 6) is 1.93. The minimum atomic E-state index is 0.522. The number of hydrogen-bond donors (Lipinski definition) is 2. The van der Waals surface area contributed by atoms with Gasteiger partial charge in [0, 0.05) is 39.3 Å². The molecule has 1 aromatic heterocycles. The van der Waals surface area contributed by atoms with Crippen molar-refractivity contribution in [2.75, 3.05) is 87.5 Å². The Labute approximate surface area is 202 Å². The van der Waals surface area contributed by atoms with Gasteiger partial charge in [-0.15, -0.1) is 0 Å². The van der Waals surface area contributed by atoms with E-state index in [-0.39, 0.29) is 0 Å². The van der Waals surface area contributed by atoms with Crippen LogP contribution in [0.2, 0.25) is 0 Å². The molecule has 2 aromatic rings. The summed E-state index contributed by atoms with van der Waals surface area (Å²) < 4.78 is 16.5. The SMILES string of the molecule is CCCCN(Cc1ccccc1)c1nc(NCCOCCOCCN)nc(N2CCOCC2)n1. The Morgan fingerprint density at radius 2 is 1.79 bits per heavy atom. The molecule has 1 aliphatic heterocycles. The highest BCUT2D eigenvalue weighted by Crippen LogP contribution is 2.20. The molecule has 2 heterocycles. The van der Waals surface area contributed by atoms with E-state index in [4.69, 9.17) is 34.9 Å².